The largest absolute Gasteiger partial charge is 0.382 e. The Morgan fingerprint density at radius 2 is 1.79 bits per heavy atom. The minimum absolute atomic E-state index is 0.111. The fraction of sp³-hybridized carbons (Fsp3) is 0.381. The molecule has 0 aliphatic rings. The van der Waals surface area contributed by atoms with Gasteiger partial charge >= 0.3 is 10.1 Å². The van der Waals surface area contributed by atoms with Crippen molar-refractivity contribution in [2.45, 2.75) is 32.7 Å². The Bertz CT molecular complexity index is 884. The van der Waals surface area contributed by atoms with Crippen LogP contribution in [0.15, 0.2) is 54.6 Å². The van der Waals surface area contributed by atoms with Crippen molar-refractivity contribution in [2.24, 2.45) is 5.92 Å². The summed E-state index contributed by atoms with van der Waals surface area (Å²) in [5.41, 5.74) is 1.52. The summed E-state index contributed by atoms with van der Waals surface area (Å²) in [5, 5.41) is -0.778. The van der Waals surface area contributed by atoms with Gasteiger partial charge in [0.05, 0.1) is 5.75 Å². The molecule has 0 aromatic heterocycles. The number of carbonyl (C=O) groups is 1. The number of nitrogens with zero attached hydrogens (tertiary/aromatic N) is 1. The van der Waals surface area contributed by atoms with Crippen molar-refractivity contribution in [2.75, 3.05) is 12.3 Å². The molecular weight excluding hydrogens is 398 g/mol. The summed E-state index contributed by atoms with van der Waals surface area (Å²) < 4.78 is 28.5. The molecule has 7 heteroatoms. The van der Waals surface area contributed by atoms with Crippen LogP contribution < -0.4 is 4.18 Å². The normalized spacial score (nSPS) is 12.6. The molecule has 28 heavy (non-hydrogen) atoms. The lowest BCUT2D eigenvalue weighted by molar-refractivity contribution is -0.132. The van der Waals surface area contributed by atoms with E-state index < -0.39 is 15.5 Å². The molecule has 0 heterocycles. The monoisotopic (exact) mass is 423 g/mol. The molecule has 0 N–H and O–H groups in total. The summed E-state index contributed by atoms with van der Waals surface area (Å²) in [5.74, 6) is 0.194. The van der Waals surface area contributed by atoms with Crippen molar-refractivity contribution in [3.8, 4) is 5.75 Å². The first kappa shape index (κ1) is 22.2. The maximum atomic E-state index is 13.0. The van der Waals surface area contributed by atoms with Crippen LogP contribution in [0.25, 0.3) is 0 Å². The average Bonchev–Trinajstić information content (AvgIpc) is 2.66. The van der Waals surface area contributed by atoms with Gasteiger partial charge in [0, 0.05) is 13.1 Å². The van der Waals surface area contributed by atoms with Gasteiger partial charge in [-0.3, -0.25) is 4.79 Å². The number of hydrogen-bond donors (Lipinski definition) is 0. The molecule has 5 nitrogen and oxygen atoms in total. The van der Waals surface area contributed by atoms with Gasteiger partial charge in [-0.25, -0.2) is 0 Å². The highest BCUT2D eigenvalue weighted by Gasteiger charge is 2.24. The summed E-state index contributed by atoms with van der Waals surface area (Å²) in [4.78, 5) is 14.7. The van der Waals surface area contributed by atoms with Crippen LogP contribution in [0.2, 0.25) is 0 Å². The predicted octanol–water partition coefficient (Wildman–Crippen LogP) is 4.38. The lowest BCUT2D eigenvalue weighted by Gasteiger charge is -2.27. The zero-order chi connectivity index (χ0) is 20.7. The SMILES string of the molecule is CCS(=O)(=O)Oc1cccc(CN(CC(C)C)C(=O)C(Cl)c2ccccc2)c1. The molecule has 0 saturated carbocycles. The Kier molecular flexibility index (Phi) is 7.89. The van der Waals surface area contributed by atoms with Crippen LogP contribution in [0.3, 0.4) is 0 Å². The number of hydrogen-bond acceptors (Lipinski definition) is 4. The van der Waals surface area contributed by atoms with Crippen molar-refractivity contribution in [1.82, 2.24) is 4.90 Å². The summed E-state index contributed by atoms with van der Waals surface area (Å²) >= 11 is 6.44. The van der Waals surface area contributed by atoms with E-state index in [1.807, 2.05) is 50.2 Å². The van der Waals surface area contributed by atoms with E-state index in [4.69, 9.17) is 15.8 Å². The summed E-state index contributed by atoms with van der Waals surface area (Å²) in [7, 11) is -3.60. The average molecular weight is 424 g/mol. The number of alkyl halides is 1. The molecule has 0 spiro atoms. The molecule has 0 radical (unpaired) electrons. The van der Waals surface area contributed by atoms with Gasteiger partial charge in [-0.1, -0.05) is 56.3 Å². The second-order valence-corrected chi connectivity index (χ2v) is 9.26. The van der Waals surface area contributed by atoms with E-state index in [0.29, 0.717) is 13.1 Å². The molecule has 0 saturated heterocycles. The quantitative estimate of drug-likeness (QED) is 0.443. The van der Waals surface area contributed by atoms with Crippen LogP contribution in [0, 0.1) is 5.92 Å². The van der Waals surface area contributed by atoms with E-state index in [1.165, 1.54) is 6.92 Å². The second kappa shape index (κ2) is 9.94. The number of benzene rings is 2. The van der Waals surface area contributed by atoms with Crippen LogP contribution in [-0.4, -0.2) is 31.5 Å². The first-order valence-corrected chi connectivity index (χ1v) is 11.2. The fourth-order valence-corrected chi connectivity index (χ4v) is 3.52. The van der Waals surface area contributed by atoms with E-state index in [2.05, 4.69) is 0 Å². The van der Waals surface area contributed by atoms with Gasteiger partial charge < -0.3 is 9.08 Å². The van der Waals surface area contributed by atoms with Gasteiger partial charge in [-0.2, -0.15) is 8.42 Å². The molecule has 0 aliphatic heterocycles. The minimum Gasteiger partial charge on any atom is -0.382 e. The highest BCUT2D eigenvalue weighted by Crippen LogP contribution is 2.25. The van der Waals surface area contributed by atoms with Crippen molar-refractivity contribution in [3.63, 3.8) is 0 Å². The molecule has 0 aliphatic carbocycles. The Labute approximate surface area is 172 Å². The van der Waals surface area contributed by atoms with Gasteiger partial charge in [0.15, 0.2) is 0 Å². The van der Waals surface area contributed by atoms with Gasteiger partial charge in [0.2, 0.25) is 5.91 Å². The van der Waals surface area contributed by atoms with Crippen molar-refractivity contribution < 1.29 is 17.4 Å². The number of carbonyl (C=O) groups excluding carboxylic acids is 1. The zero-order valence-corrected chi connectivity index (χ0v) is 17.9. The lowest BCUT2D eigenvalue weighted by Crippen LogP contribution is -2.36. The van der Waals surface area contributed by atoms with E-state index in [1.54, 1.807) is 23.1 Å². The maximum absolute atomic E-state index is 13.0. The van der Waals surface area contributed by atoms with E-state index >= 15 is 0 Å². The van der Waals surface area contributed by atoms with Crippen molar-refractivity contribution >= 4 is 27.6 Å². The molecule has 1 unspecified atom stereocenters. The Morgan fingerprint density at radius 3 is 2.39 bits per heavy atom. The molecule has 0 fully saturated rings. The summed E-state index contributed by atoms with van der Waals surface area (Å²) in [6, 6.07) is 16.0. The van der Waals surface area contributed by atoms with Crippen LogP contribution in [0.5, 0.6) is 5.75 Å². The summed E-state index contributed by atoms with van der Waals surface area (Å²) in [6.07, 6.45) is 0. The number of halogens is 1. The van der Waals surface area contributed by atoms with Gasteiger partial charge in [0.25, 0.3) is 0 Å². The Morgan fingerprint density at radius 1 is 1.11 bits per heavy atom. The molecule has 2 aromatic rings. The van der Waals surface area contributed by atoms with Crippen molar-refractivity contribution in [3.05, 3.63) is 65.7 Å². The maximum Gasteiger partial charge on any atom is 0.308 e. The fourth-order valence-electron chi connectivity index (χ4n) is 2.72. The van der Waals surface area contributed by atoms with Crippen molar-refractivity contribution in [1.29, 1.82) is 0 Å². The van der Waals surface area contributed by atoms with E-state index in [9.17, 15) is 13.2 Å². The number of rotatable bonds is 9. The molecule has 1 atom stereocenters. The van der Waals surface area contributed by atoms with Crippen LogP contribution >= 0.6 is 11.6 Å². The zero-order valence-electron chi connectivity index (χ0n) is 16.3. The van der Waals surface area contributed by atoms with E-state index in [-0.39, 0.29) is 23.3 Å². The van der Waals surface area contributed by atoms with Crippen LogP contribution in [0.4, 0.5) is 0 Å². The molecule has 2 rings (SSSR count). The molecule has 1 amide bonds. The predicted molar refractivity (Wildman–Crippen MR) is 112 cm³/mol. The summed E-state index contributed by atoms with van der Waals surface area (Å²) in [6.45, 7) is 6.43. The highest BCUT2D eigenvalue weighted by atomic mass is 35.5. The molecule has 0 bridgehead atoms. The molecule has 152 valence electrons. The highest BCUT2D eigenvalue weighted by molar-refractivity contribution is 7.87. The molecular formula is C21H26ClNO4S. The second-order valence-electron chi connectivity index (χ2n) is 6.96. The standard InChI is InChI=1S/C21H26ClNO4S/c1-4-28(25,26)27-19-12-8-9-17(13-19)15-23(14-16(2)3)21(24)20(22)18-10-6-5-7-11-18/h5-13,16,20H,4,14-15H2,1-3H3. The topological polar surface area (TPSA) is 63.7 Å². The third kappa shape index (κ3) is 6.53. The first-order chi connectivity index (χ1) is 13.2. The third-order valence-corrected chi connectivity index (χ3v) is 5.65. The van der Waals surface area contributed by atoms with E-state index in [0.717, 1.165) is 11.1 Å². The smallest absolute Gasteiger partial charge is 0.308 e. The van der Waals surface area contributed by atoms with Gasteiger partial charge in [0.1, 0.15) is 11.1 Å². The lowest BCUT2D eigenvalue weighted by atomic mass is 10.1. The third-order valence-electron chi connectivity index (χ3n) is 4.05. The Balaban J connectivity index is 2.21. The molecule has 2 aromatic carbocycles. The van der Waals surface area contributed by atoms with Gasteiger partial charge in [-0.15, -0.1) is 11.6 Å². The van der Waals surface area contributed by atoms with Gasteiger partial charge in [-0.05, 0) is 36.1 Å². The Hall–Kier alpha value is -2.05. The first-order valence-electron chi connectivity index (χ1n) is 9.20. The van der Waals surface area contributed by atoms with Crippen LogP contribution in [0.1, 0.15) is 37.3 Å². The minimum atomic E-state index is -3.60. The number of amides is 1. The van der Waals surface area contributed by atoms with Crippen LogP contribution in [-0.2, 0) is 21.5 Å².